The van der Waals surface area contributed by atoms with Crippen molar-refractivity contribution in [3.63, 3.8) is 0 Å². The number of amides is 2. The summed E-state index contributed by atoms with van der Waals surface area (Å²) in [6.45, 7) is 3.55. The van der Waals surface area contributed by atoms with E-state index >= 15 is 0 Å². The first-order valence-corrected chi connectivity index (χ1v) is 9.93. The number of benzene rings is 2. The molecule has 0 unspecified atom stereocenters. The number of likely N-dealkylation sites (tertiary alicyclic amines) is 1. The van der Waals surface area contributed by atoms with E-state index < -0.39 is 0 Å². The molecule has 1 atom stereocenters. The van der Waals surface area contributed by atoms with Gasteiger partial charge in [-0.05, 0) is 55.2 Å². The van der Waals surface area contributed by atoms with E-state index in [-0.39, 0.29) is 11.8 Å². The highest BCUT2D eigenvalue weighted by molar-refractivity contribution is 6.31. The number of halogens is 1. The van der Waals surface area contributed by atoms with E-state index in [0.29, 0.717) is 52.3 Å². The largest absolute Gasteiger partial charge is 0.493 e. The molecule has 2 amide bonds. The Hall–Kier alpha value is -2.73. The molecule has 0 radical (unpaired) electrons. The van der Waals surface area contributed by atoms with E-state index in [2.05, 4.69) is 12.2 Å². The molecule has 6 nitrogen and oxygen atoms in total. The van der Waals surface area contributed by atoms with Crippen molar-refractivity contribution in [2.45, 2.75) is 19.8 Å². The van der Waals surface area contributed by atoms with E-state index in [1.54, 1.807) is 36.4 Å². The molecule has 1 aliphatic heterocycles. The molecule has 1 saturated heterocycles. The second-order valence-corrected chi connectivity index (χ2v) is 7.65. The Balaban J connectivity index is 1.86. The lowest BCUT2D eigenvalue weighted by Crippen LogP contribution is -2.39. The fourth-order valence-electron chi connectivity index (χ4n) is 3.52. The first kappa shape index (κ1) is 21.0. The lowest BCUT2D eigenvalue weighted by molar-refractivity contribution is 0.0684. The number of methoxy groups -OCH3 is 2. The smallest absolute Gasteiger partial charge is 0.256 e. The highest BCUT2D eigenvalue weighted by Crippen LogP contribution is 2.29. The number of nitrogens with zero attached hydrogens (tertiary/aromatic N) is 1. The Kier molecular flexibility index (Phi) is 6.64. The maximum Gasteiger partial charge on any atom is 0.256 e. The van der Waals surface area contributed by atoms with Crippen molar-refractivity contribution in [3.8, 4) is 11.5 Å². The highest BCUT2D eigenvalue weighted by atomic mass is 35.5. The zero-order chi connectivity index (χ0) is 21.0. The average Bonchev–Trinajstić information content (AvgIpc) is 2.73. The summed E-state index contributed by atoms with van der Waals surface area (Å²) in [5.74, 6) is 0.966. The molecule has 0 bridgehead atoms. The molecule has 2 aromatic carbocycles. The molecule has 29 heavy (non-hydrogen) atoms. The first-order valence-electron chi connectivity index (χ1n) is 9.55. The van der Waals surface area contributed by atoms with Gasteiger partial charge in [-0.3, -0.25) is 9.59 Å². The lowest BCUT2D eigenvalue weighted by Gasteiger charge is -2.31. The summed E-state index contributed by atoms with van der Waals surface area (Å²) in [6, 6.07) is 9.81. The minimum Gasteiger partial charge on any atom is -0.493 e. The van der Waals surface area contributed by atoms with Gasteiger partial charge in [0.05, 0.1) is 25.5 Å². The van der Waals surface area contributed by atoms with Gasteiger partial charge in [-0.25, -0.2) is 0 Å². The molecule has 3 rings (SSSR count). The van der Waals surface area contributed by atoms with Crippen LogP contribution in [-0.2, 0) is 0 Å². The van der Waals surface area contributed by atoms with Crippen LogP contribution in [0.2, 0.25) is 5.02 Å². The normalized spacial score (nSPS) is 16.3. The van der Waals surface area contributed by atoms with E-state index in [0.717, 1.165) is 12.8 Å². The molecule has 1 aliphatic rings. The second kappa shape index (κ2) is 9.18. The Morgan fingerprint density at radius 2 is 1.86 bits per heavy atom. The maximum absolute atomic E-state index is 13.1. The molecule has 0 saturated carbocycles. The van der Waals surface area contributed by atoms with Crippen LogP contribution in [0.5, 0.6) is 11.5 Å². The van der Waals surface area contributed by atoms with Gasteiger partial charge in [0.1, 0.15) is 0 Å². The van der Waals surface area contributed by atoms with E-state index in [1.165, 1.54) is 14.2 Å². The monoisotopic (exact) mass is 416 g/mol. The van der Waals surface area contributed by atoms with E-state index in [1.807, 2.05) is 4.90 Å². The number of hydrogen-bond acceptors (Lipinski definition) is 4. The summed E-state index contributed by atoms with van der Waals surface area (Å²) in [7, 11) is 3.04. The number of hydrogen-bond donors (Lipinski definition) is 1. The summed E-state index contributed by atoms with van der Waals surface area (Å²) in [6.07, 6.45) is 2.09. The zero-order valence-electron chi connectivity index (χ0n) is 16.8. The lowest BCUT2D eigenvalue weighted by atomic mass is 9.99. The van der Waals surface area contributed by atoms with Gasteiger partial charge in [0.15, 0.2) is 11.5 Å². The van der Waals surface area contributed by atoms with Gasteiger partial charge < -0.3 is 19.7 Å². The van der Waals surface area contributed by atoms with Gasteiger partial charge in [0, 0.05) is 23.7 Å². The van der Waals surface area contributed by atoms with Gasteiger partial charge in [-0.2, -0.15) is 0 Å². The highest BCUT2D eigenvalue weighted by Gasteiger charge is 2.25. The molecule has 7 heteroatoms. The Bertz CT molecular complexity index is 916. The second-order valence-electron chi connectivity index (χ2n) is 7.21. The SMILES string of the molecule is COc1ccc(C(=O)Nc2ccc(Cl)cc2C(=O)N2CCC[C@@H](C)C2)cc1OC. The number of rotatable bonds is 5. The van der Waals surface area contributed by atoms with Gasteiger partial charge in [-0.1, -0.05) is 18.5 Å². The predicted molar refractivity (Wildman–Crippen MR) is 113 cm³/mol. The third kappa shape index (κ3) is 4.82. The van der Waals surface area contributed by atoms with Crippen molar-refractivity contribution in [3.05, 3.63) is 52.5 Å². The topological polar surface area (TPSA) is 67.9 Å². The van der Waals surface area contributed by atoms with Crippen LogP contribution in [0.25, 0.3) is 0 Å². The van der Waals surface area contributed by atoms with Gasteiger partial charge in [0.25, 0.3) is 11.8 Å². The average molecular weight is 417 g/mol. The Morgan fingerprint density at radius 1 is 1.10 bits per heavy atom. The van der Waals surface area contributed by atoms with Crippen LogP contribution in [0.1, 0.15) is 40.5 Å². The maximum atomic E-state index is 13.1. The van der Waals surface area contributed by atoms with Crippen LogP contribution in [-0.4, -0.2) is 44.0 Å². The number of carbonyl (C=O) groups excluding carboxylic acids is 2. The van der Waals surface area contributed by atoms with Crippen LogP contribution in [0.3, 0.4) is 0 Å². The molecule has 0 aromatic heterocycles. The Labute approximate surface area is 175 Å². The quantitative estimate of drug-likeness (QED) is 0.780. The van der Waals surface area contributed by atoms with Crippen molar-refractivity contribution in [2.75, 3.05) is 32.6 Å². The number of anilines is 1. The molecule has 0 aliphatic carbocycles. The minimum atomic E-state index is -0.352. The van der Waals surface area contributed by atoms with Gasteiger partial charge in [-0.15, -0.1) is 0 Å². The third-order valence-corrected chi connectivity index (χ3v) is 5.29. The van der Waals surface area contributed by atoms with Crippen LogP contribution in [0.4, 0.5) is 5.69 Å². The van der Waals surface area contributed by atoms with Crippen LogP contribution < -0.4 is 14.8 Å². The number of carbonyl (C=O) groups is 2. The Morgan fingerprint density at radius 3 is 2.55 bits per heavy atom. The number of ether oxygens (including phenoxy) is 2. The van der Waals surface area contributed by atoms with Crippen molar-refractivity contribution in [1.29, 1.82) is 0 Å². The standard InChI is InChI=1S/C22H25ClN2O4/c1-14-5-4-10-25(13-14)22(27)17-12-16(23)7-8-18(17)24-21(26)15-6-9-19(28-2)20(11-15)29-3/h6-9,11-12,14H,4-5,10,13H2,1-3H3,(H,24,26)/t14-/m1/s1. The fourth-order valence-corrected chi connectivity index (χ4v) is 3.69. The number of nitrogens with one attached hydrogen (secondary N) is 1. The zero-order valence-corrected chi connectivity index (χ0v) is 17.6. The molecule has 2 aromatic rings. The van der Waals surface area contributed by atoms with Gasteiger partial charge in [0.2, 0.25) is 0 Å². The van der Waals surface area contributed by atoms with E-state index in [9.17, 15) is 9.59 Å². The van der Waals surface area contributed by atoms with Crippen LogP contribution in [0, 0.1) is 5.92 Å². The van der Waals surface area contributed by atoms with Gasteiger partial charge >= 0.3 is 0 Å². The molecule has 154 valence electrons. The molecule has 1 N–H and O–H groups in total. The molecule has 1 fully saturated rings. The van der Waals surface area contributed by atoms with Crippen molar-refractivity contribution in [1.82, 2.24) is 4.90 Å². The van der Waals surface area contributed by atoms with E-state index in [4.69, 9.17) is 21.1 Å². The summed E-state index contributed by atoms with van der Waals surface area (Å²) in [5.41, 5.74) is 1.21. The summed E-state index contributed by atoms with van der Waals surface area (Å²) in [4.78, 5) is 27.7. The first-order chi connectivity index (χ1) is 13.9. The summed E-state index contributed by atoms with van der Waals surface area (Å²) >= 11 is 6.14. The summed E-state index contributed by atoms with van der Waals surface area (Å²) in [5, 5.41) is 3.28. The predicted octanol–water partition coefficient (Wildman–Crippen LogP) is 4.48. The number of piperidine rings is 1. The molecule has 1 heterocycles. The van der Waals surface area contributed by atoms with Crippen molar-refractivity contribution < 1.29 is 19.1 Å². The molecular weight excluding hydrogens is 392 g/mol. The van der Waals surface area contributed by atoms with Crippen LogP contribution >= 0.6 is 11.6 Å². The molecule has 0 spiro atoms. The van der Waals surface area contributed by atoms with Crippen LogP contribution in [0.15, 0.2) is 36.4 Å². The fraction of sp³-hybridized carbons (Fsp3) is 0.364. The third-order valence-electron chi connectivity index (χ3n) is 5.05. The minimum absolute atomic E-state index is 0.123. The summed E-state index contributed by atoms with van der Waals surface area (Å²) < 4.78 is 10.5. The van der Waals surface area contributed by atoms with Crippen molar-refractivity contribution in [2.24, 2.45) is 5.92 Å². The molecular formula is C22H25ClN2O4. The van der Waals surface area contributed by atoms with Crippen molar-refractivity contribution >= 4 is 29.1 Å².